The molecule has 1 N–H and O–H groups in total. The summed E-state index contributed by atoms with van der Waals surface area (Å²) in [4.78, 5) is 2.39. The summed E-state index contributed by atoms with van der Waals surface area (Å²) in [6, 6.07) is 62.5. The summed E-state index contributed by atoms with van der Waals surface area (Å²) < 4.78 is 0.939. The Hall–Kier alpha value is -5.74. The number of halogens is 1. The summed E-state index contributed by atoms with van der Waals surface area (Å²) in [6.07, 6.45) is 0. The van der Waals surface area contributed by atoms with Gasteiger partial charge >= 0.3 is 0 Å². The van der Waals surface area contributed by atoms with E-state index in [1.807, 2.05) is 18.2 Å². The standard InChI is InChI=1S/C50H36BrNO/c1-49(2)43-21-11-8-18-38(43)40-27-25-34(31-46(40)49)52(33-14-4-3-5-15-33)48-29-28-36(35-16-6-7-20-42(35)48)37-17-9-12-22-44(37)50(53)45-23-13-10-19-39(45)41-26-24-32(51)30-47(41)50/h3-31,53H,1-2H3. The van der Waals surface area contributed by atoms with E-state index in [0.717, 1.165) is 71.3 Å². The average molecular weight is 747 g/mol. The van der Waals surface area contributed by atoms with Gasteiger partial charge in [0, 0.05) is 43.3 Å². The molecule has 0 heterocycles. The maximum absolute atomic E-state index is 13.1. The van der Waals surface area contributed by atoms with E-state index in [2.05, 4.69) is 192 Å². The van der Waals surface area contributed by atoms with Gasteiger partial charge in [-0.25, -0.2) is 0 Å². The molecule has 8 aromatic carbocycles. The fraction of sp³-hybridized carbons (Fsp3) is 0.0800. The molecule has 8 aromatic rings. The third kappa shape index (κ3) is 4.67. The molecule has 0 spiro atoms. The molecule has 0 aliphatic heterocycles. The number of para-hydroxylation sites is 1. The molecule has 2 nitrogen and oxygen atoms in total. The maximum Gasteiger partial charge on any atom is 0.142 e. The molecule has 53 heavy (non-hydrogen) atoms. The smallest absolute Gasteiger partial charge is 0.142 e. The number of benzene rings is 8. The molecule has 1 atom stereocenters. The van der Waals surface area contributed by atoms with Crippen molar-refractivity contribution < 1.29 is 5.11 Å². The highest BCUT2D eigenvalue weighted by atomic mass is 79.9. The highest BCUT2D eigenvalue weighted by Gasteiger charge is 2.44. The van der Waals surface area contributed by atoms with Crippen molar-refractivity contribution in [2.75, 3.05) is 4.90 Å². The first kappa shape index (κ1) is 32.0. The van der Waals surface area contributed by atoms with Gasteiger partial charge in [-0.3, -0.25) is 0 Å². The van der Waals surface area contributed by atoms with Crippen molar-refractivity contribution in [1.29, 1.82) is 0 Å². The van der Waals surface area contributed by atoms with Crippen LogP contribution in [-0.2, 0) is 11.0 Å². The van der Waals surface area contributed by atoms with Gasteiger partial charge in [0.15, 0.2) is 0 Å². The zero-order valence-corrected chi connectivity index (χ0v) is 31.1. The number of anilines is 3. The van der Waals surface area contributed by atoms with Gasteiger partial charge in [-0.1, -0.05) is 163 Å². The Bertz CT molecular complexity index is 2750. The van der Waals surface area contributed by atoms with Crippen LogP contribution >= 0.6 is 15.9 Å². The highest BCUT2D eigenvalue weighted by Crippen LogP contribution is 2.55. The quantitative estimate of drug-likeness (QED) is 0.190. The largest absolute Gasteiger partial charge is 0.376 e. The molecule has 254 valence electrons. The lowest BCUT2D eigenvalue weighted by atomic mass is 9.79. The van der Waals surface area contributed by atoms with Crippen LogP contribution in [0.1, 0.15) is 41.7 Å². The second-order valence-electron chi connectivity index (χ2n) is 14.7. The van der Waals surface area contributed by atoms with E-state index < -0.39 is 5.60 Å². The third-order valence-electron chi connectivity index (χ3n) is 11.6. The monoisotopic (exact) mass is 745 g/mol. The van der Waals surface area contributed by atoms with Gasteiger partial charge in [-0.15, -0.1) is 0 Å². The summed E-state index contributed by atoms with van der Waals surface area (Å²) in [5.74, 6) is 0. The molecule has 2 aliphatic rings. The van der Waals surface area contributed by atoms with E-state index in [9.17, 15) is 5.11 Å². The lowest BCUT2D eigenvalue weighted by Gasteiger charge is -2.31. The predicted molar refractivity (Wildman–Crippen MR) is 223 cm³/mol. The van der Waals surface area contributed by atoms with Crippen LogP contribution in [0.2, 0.25) is 0 Å². The lowest BCUT2D eigenvalue weighted by Crippen LogP contribution is -2.27. The Balaban J connectivity index is 1.18. The molecule has 3 heteroatoms. The van der Waals surface area contributed by atoms with E-state index in [1.54, 1.807) is 0 Å². The first-order valence-electron chi connectivity index (χ1n) is 18.2. The van der Waals surface area contributed by atoms with Gasteiger partial charge < -0.3 is 10.0 Å². The minimum atomic E-state index is -1.34. The number of fused-ring (bicyclic) bond motifs is 7. The van der Waals surface area contributed by atoms with Crippen LogP contribution in [0.25, 0.3) is 44.2 Å². The Kier molecular flexibility index (Phi) is 7.17. The number of rotatable bonds is 5. The molecule has 0 saturated carbocycles. The van der Waals surface area contributed by atoms with E-state index in [0.29, 0.717) is 0 Å². The summed E-state index contributed by atoms with van der Waals surface area (Å²) >= 11 is 3.70. The topological polar surface area (TPSA) is 23.5 Å². The first-order valence-corrected chi connectivity index (χ1v) is 19.0. The van der Waals surface area contributed by atoms with Crippen molar-refractivity contribution in [2.45, 2.75) is 24.9 Å². The molecule has 2 aliphatic carbocycles. The van der Waals surface area contributed by atoms with Gasteiger partial charge in [-0.2, -0.15) is 0 Å². The van der Waals surface area contributed by atoms with Gasteiger partial charge in [0.25, 0.3) is 0 Å². The summed E-state index contributed by atoms with van der Waals surface area (Å²) in [7, 11) is 0. The fourth-order valence-corrected chi connectivity index (χ4v) is 9.46. The fourth-order valence-electron chi connectivity index (χ4n) is 9.10. The zero-order valence-electron chi connectivity index (χ0n) is 29.5. The molecule has 0 saturated heterocycles. The minimum Gasteiger partial charge on any atom is -0.376 e. The summed E-state index contributed by atoms with van der Waals surface area (Å²) in [6.45, 7) is 4.67. The Morgan fingerprint density at radius 1 is 0.415 bits per heavy atom. The molecule has 0 fully saturated rings. The summed E-state index contributed by atoms with van der Waals surface area (Å²) in [5, 5.41) is 15.4. The second kappa shape index (κ2) is 11.9. The normalized spacial score (nSPS) is 16.2. The highest BCUT2D eigenvalue weighted by molar-refractivity contribution is 9.10. The van der Waals surface area contributed by atoms with E-state index in [-0.39, 0.29) is 5.41 Å². The van der Waals surface area contributed by atoms with Crippen LogP contribution in [0.3, 0.4) is 0 Å². The molecule has 1 unspecified atom stereocenters. The van der Waals surface area contributed by atoms with Crippen LogP contribution < -0.4 is 4.90 Å². The minimum absolute atomic E-state index is 0.118. The second-order valence-corrected chi connectivity index (χ2v) is 15.7. The van der Waals surface area contributed by atoms with Crippen LogP contribution in [0.5, 0.6) is 0 Å². The summed E-state index contributed by atoms with van der Waals surface area (Å²) in [5.41, 5.74) is 14.0. The Morgan fingerprint density at radius 2 is 0.925 bits per heavy atom. The van der Waals surface area contributed by atoms with Crippen LogP contribution in [0.4, 0.5) is 17.1 Å². The Labute approximate surface area is 318 Å². The van der Waals surface area contributed by atoms with E-state index >= 15 is 0 Å². The molecule has 0 aromatic heterocycles. The first-order chi connectivity index (χ1) is 25.9. The average Bonchev–Trinajstić information content (AvgIpc) is 3.59. The molecule has 0 amide bonds. The number of hydrogen-bond acceptors (Lipinski definition) is 2. The van der Waals surface area contributed by atoms with Crippen molar-refractivity contribution in [3.8, 4) is 33.4 Å². The zero-order chi connectivity index (χ0) is 35.9. The van der Waals surface area contributed by atoms with Crippen molar-refractivity contribution in [2.24, 2.45) is 0 Å². The third-order valence-corrected chi connectivity index (χ3v) is 12.1. The number of hydrogen-bond donors (Lipinski definition) is 1. The van der Waals surface area contributed by atoms with Crippen molar-refractivity contribution >= 4 is 43.8 Å². The van der Waals surface area contributed by atoms with Gasteiger partial charge in [0.2, 0.25) is 0 Å². The van der Waals surface area contributed by atoms with E-state index in [1.165, 1.54) is 22.3 Å². The molecular weight excluding hydrogens is 710 g/mol. The van der Waals surface area contributed by atoms with E-state index in [4.69, 9.17) is 0 Å². The Morgan fingerprint density at radius 3 is 1.64 bits per heavy atom. The van der Waals surface area contributed by atoms with Gasteiger partial charge in [0.1, 0.15) is 5.60 Å². The predicted octanol–water partition coefficient (Wildman–Crippen LogP) is 13.3. The van der Waals surface area contributed by atoms with Crippen LogP contribution in [0, 0.1) is 0 Å². The SMILES string of the molecule is CC1(C)c2ccccc2-c2ccc(N(c3ccccc3)c3ccc(-c4ccccc4C4(O)c5ccccc5-c5ccc(Br)cc54)c4ccccc34)cc21. The van der Waals surface area contributed by atoms with Crippen LogP contribution in [-0.4, -0.2) is 5.11 Å². The molecule has 0 bridgehead atoms. The lowest BCUT2D eigenvalue weighted by molar-refractivity contribution is 0.131. The molecule has 10 rings (SSSR count). The van der Waals surface area contributed by atoms with Crippen molar-refractivity contribution in [3.63, 3.8) is 0 Å². The molecular formula is C50H36BrNO. The van der Waals surface area contributed by atoms with Gasteiger partial charge in [0.05, 0.1) is 5.69 Å². The van der Waals surface area contributed by atoms with Crippen molar-refractivity contribution in [3.05, 3.63) is 208 Å². The van der Waals surface area contributed by atoms with Gasteiger partial charge in [-0.05, 0) is 92.4 Å². The molecule has 0 radical (unpaired) electrons. The van der Waals surface area contributed by atoms with Crippen molar-refractivity contribution in [1.82, 2.24) is 0 Å². The number of aliphatic hydroxyl groups is 1. The maximum atomic E-state index is 13.1. The number of nitrogens with zero attached hydrogens (tertiary/aromatic N) is 1. The van der Waals surface area contributed by atoms with Crippen LogP contribution in [0.15, 0.2) is 180 Å².